The van der Waals surface area contributed by atoms with Gasteiger partial charge in [0.2, 0.25) is 11.9 Å². The molecule has 168 valence electrons. The third-order valence-corrected chi connectivity index (χ3v) is 6.69. The van der Waals surface area contributed by atoms with Crippen molar-refractivity contribution in [2.24, 2.45) is 22.6 Å². The van der Waals surface area contributed by atoms with E-state index < -0.39 is 0 Å². The fraction of sp³-hybridized carbons (Fsp3) is 0.619. The monoisotopic (exact) mass is 446 g/mol. The van der Waals surface area contributed by atoms with Crippen molar-refractivity contribution in [3.63, 3.8) is 0 Å². The van der Waals surface area contributed by atoms with Crippen LogP contribution in [-0.2, 0) is 4.79 Å². The maximum atomic E-state index is 11.6. The first-order valence-electron chi connectivity index (χ1n) is 11.0. The molecule has 1 aromatic rings. The zero-order chi connectivity index (χ0) is 21.8. The fourth-order valence-electron chi connectivity index (χ4n) is 4.79. The average molecular weight is 447 g/mol. The maximum Gasteiger partial charge on any atom is 0.229 e. The Kier molecular flexibility index (Phi) is 6.92. The molecule has 2 saturated heterocycles. The predicted octanol–water partition coefficient (Wildman–Crippen LogP) is 1.83. The highest BCUT2D eigenvalue weighted by atomic mass is 35.5. The Morgan fingerprint density at radius 1 is 1.39 bits per heavy atom. The Bertz CT molecular complexity index is 840. The molecule has 4 rings (SSSR count). The molecule has 3 unspecified atom stereocenters. The van der Waals surface area contributed by atoms with Gasteiger partial charge in [-0.1, -0.05) is 11.6 Å². The van der Waals surface area contributed by atoms with Crippen molar-refractivity contribution < 1.29 is 4.79 Å². The number of carbonyl (C=O) groups is 1. The van der Waals surface area contributed by atoms with E-state index in [1.165, 1.54) is 6.20 Å². The quantitative estimate of drug-likeness (QED) is 0.492. The topological polar surface area (TPSA) is 121 Å². The second-order valence-electron chi connectivity index (χ2n) is 8.67. The molecule has 3 heterocycles. The standard InChI is InChI=1S/C21H31ClN8O/c1-13(31)30-11-14-5-17(6-15(14)12-30)27-20-19(22)10-26-21(29-20)28-18(7-23)9-25-16-3-2-4-24-8-16/h7,9-10,14-17,24H,2-6,8,11-12,23H2,1H3,(H2,26,27,28,29). The van der Waals surface area contributed by atoms with E-state index in [1.807, 2.05) is 4.90 Å². The van der Waals surface area contributed by atoms with Crippen LogP contribution in [0.5, 0.6) is 0 Å². The zero-order valence-corrected chi connectivity index (χ0v) is 18.6. The molecule has 0 aromatic carbocycles. The summed E-state index contributed by atoms with van der Waals surface area (Å²) >= 11 is 6.35. The lowest BCUT2D eigenvalue weighted by Gasteiger charge is -2.20. The lowest BCUT2D eigenvalue weighted by atomic mass is 10.0. The number of nitrogens with two attached hydrogens (primary N) is 1. The van der Waals surface area contributed by atoms with E-state index in [4.69, 9.17) is 17.3 Å². The Hall–Kier alpha value is -2.39. The maximum absolute atomic E-state index is 11.6. The smallest absolute Gasteiger partial charge is 0.229 e. The van der Waals surface area contributed by atoms with Gasteiger partial charge in [-0.05, 0) is 44.1 Å². The molecular formula is C21H31ClN8O. The normalized spacial score (nSPS) is 28.7. The van der Waals surface area contributed by atoms with Crippen LogP contribution in [-0.4, -0.2) is 65.3 Å². The second-order valence-corrected chi connectivity index (χ2v) is 9.08. The van der Waals surface area contributed by atoms with Crippen LogP contribution < -0.4 is 21.7 Å². The first kappa shape index (κ1) is 21.8. The van der Waals surface area contributed by atoms with Crippen LogP contribution in [0, 0.1) is 11.8 Å². The second kappa shape index (κ2) is 9.82. The number of nitrogens with one attached hydrogen (secondary N) is 3. The number of amides is 1. The van der Waals surface area contributed by atoms with Crippen molar-refractivity contribution in [1.29, 1.82) is 0 Å². The summed E-state index contributed by atoms with van der Waals surface area (Å²) in [5, 5.41) is 10.4. The number of hydrogen-bond acceptors (Lipinski definition) is 8. The number of likely N-dealkylation sites (tertiary alicyclic amines) is 1. The van der Waals surface area contributed by atoms with Gasteiger partial charge in [0, 0.05) is 45.0 Å². The summed E-state index contributed by atoms with van der Waals surface area (Å²) in [5.41, 5.74) is 6.40. The van der Waals surface area contributed by atoms with Gasteiger partial charge in [-0.2, -0.15) is 4.98 Å². The first-order chi connectivity index (χ1) is 15.0. The van der Waals surface area contributed by atoms with Crippen LogP contribution in [0.15, 0.2) is 23.1 Å². The SMILES string of the molecule is CC(=O)N1CC2CC(Nc3nc(NC(C=NC4CCCNC4)=CN)ncc3Cl)CC2C1. The number of aliphatic imine (C=N–C) groups is 1. The van der Waals surface area contributed by atoms with Crippen molar-refractivity contribution in [1.82, 2.24) is 20.2 Å². The molecule has 0 bridgehead atoms. The third-order valence-electron chi connectivity index (χ3n) is 6.41. The van der Waals surface area contributed by atoms with E-state index in [0.29, 0.717) is 34.3 Å². The van der Waals surface area contributed by atoms with Crippen molar-refractivity contribution in [3.05, 3.63) is 23.1 Å². The van der Waals surface area contributed by atoms with Crippen LogP contribution in [0.1, 0.15) is 32.6 Å². The lowest BCUT2D eigenvalue weighted by molar-refractivity contribution is -0.128. The minimum absolute atomic E-state index is 0.167. The average Bonchev–Trinajstić information content (AvgIpc) is 3.33. The van der Waals surface area contributed by atoms with Gasteiger partial charge in [0.1, 0.15) is 5.02 Å². The summed E-state index contributed by atoms with van der Waals surface area (Å²) < 4.78 is 0. The molecule has 31 heavy (non-hydrogen) atoms. The van der Waals surface area contributed by atoms with Gasteiger partial charge in [-0.15, -0.1) is 0 Å². The van der Waals surface area contributed by atoms with Crippen LogP contribution in [0.2, 0.25) is 5.02 Å². The summed E-state index contributed by atoms with van der Waals surface area (Å²) in [6, 6.07) is 0.545. The number of rotatable bonds is 6. The van der Waals surface area contributed by atoms with Gasteiger partial charge in [-0.25, -0.2) is 4.98 Å². The summed E-state index contributed by atoms with van der Waals surface area (Å²) in [7, 11) is 0. The molecule has 9 nitrogen and oxygen atoms in total. The number of nitrogens with zero attached hydrogens (tertiary/aromatic N) is 4. The van der Waals surface area contributed by atoms with Gasteiger partial charge >= 0.3 is 0 Å². The third kappa shape index (κ3) is 5.46. The summed E-state index contributed by atoms with van der Waals surface area (Å²) in [5.74, 6) is 2.27. The van der Waals surface area contributed by atoms with E-state index in [9.17, 15) is 4.79 Å². The first-order valence-corrected chi connectivity index (χ1v) is 11.4. The molecule has 3 fully saturated rings. The molecule has 0 radical (unpaired) electrons. The molecule has 2 aliphatic heterocycles. The van der Waals surface area contributed by atoms with Gasteiger partial charge in [0.25, 0.3) is 0 Å². The Balaban J connectivity index is 1.35. The van der Waals surface area contributed by atoms with E-state index in [0.717, 1.165) is 51.9 Å². The molecule has 10 heteroatoms. The van der Waals surface area contributed by atoms with E-state index >= 15 is 0 Å². The number of anilines is 2. The molecule has 3 aliphatic rings. The van der Waals surface area contributed by atoms with Crippen LogP contribution in [0.25, 0.3) is 0 Å². The Labute approximate surface area is 187 Å². The van der Waals surface area contributed by atoms with Crippen molar-refractivity contribution in [3.8, 4) is 0 Å². The van der Waals surface area contributed by atoms with Crippen molar-refractivity contribution in [2.75, 3.05) is 36.8 Å². The highest BCUT2D eigenvalue weighted by Crippen LogP contribution is 2.39. The minimum atomic E-state index is 0.167. The number of carbonyl (C=O) groups excluding carboxylic acids is 1. The van der Waals surface area contributed by atoms with Crippen LogP contribution in [0.3, 0.4) is 0 Å². The molecule has 5 N–H and O–H groups in total. The number of aromatic nitrogens is 2. The van der Waals surface area contributed by atoms with E-state index in [-0.39, 0.29) is 18.0 Å². The number of allylic oxidation sites excluding steroid dienone is 1. The molecule has 1 amide bonds. The van der Waals surface area contributed by atoms with E-state index in [1.54, 1.807) is 19.3 Å². The molecular weight excluding hydrogens is 416 g/mol. The van der Waals surface area contributed by atoms with Crippen molar-refractivity contribution in [2.45, 2.75) is 44.7 Å². The Morgan fingerprint density at radius 2 is 2.16 bits per heavy atom. The largest absolute Gasteiger partial charge is 0.403 e. The van der Waals surface area contributed by atoms with Gasteiger partial charge in [-0.3, -0.25) is 9.79 Å². The highest BCUT2D eigenvalue weighted by Gasteiger charge is 2.41. The zero-order valence-electron chi connectivity index (χ0n) is 17.9. The Morgan fingerprint density at radius 3 is 2.81 bits per heavy atom. The molecule has 1 aliphatic carbocycles. The minimum Gasteiger partial charge on any atom is -0.403 e. The van der Waals surface area contributed by atoms with Gasteiger partial charge in [0.05, 0.1) is 17.9 Å². The summed E-state index contributed by atoms with van der Waals surface area (Å²) in [6.07, 6.45) is 9.00. The van der Waals surface area contributed by atoms with Gasteiger partial charge in [0.15, 0.2) is 5.82 Å². The number of halogens is 1. The number of piperidine rings is 1. The predicted molar refractivity (Wildman–Crippen MR) is 123 cm³/mol. The number of fused-ring (bicyclic) bond motifs is 1. The summed E-state index contributed by atoms with van der Waals surface area (Å²) in [4.78, 5) is 27.0. The van der Waals surface area contributed by atoms with Gasteiger partial charge < -0.3 is 26.6 Å². The number of hydrogen-bond donors (Lipinski definition) is 4. The van der Waals surface area contributed by atoms with Crippen molar-refractivity contribution >= 4 is 35.5 Å². The molecule has 1 aromatic heterocycles. The lowest BCUT2D eigenvalue weighted by Crippen LogP contribution is -2.32. The highest BCUT2D eigenvalue weighted by molar-refractivity contribution is 6.32. The molecule has 0 spiro atoms. The van der Waals surface area contributed by atoms with Crippen LogP contribution in [0.4, 0.5) is 11.8 Å². The summed E-state index contributed by atoms with van der Waals surface area (Å²) in [6.45, 7) is 5.28. The van der Waals surface area contributed by atoms with Crippen LogP contribution >= 0.6 is 11.6 Å². The molecule has 1 saturated carbocycles. The molecule has 3 atom stereocenters. The van der Waals surface area contributed by atoms with E-state index in [2.05, 4.69) is 30.9 Å². The fourth-order valence-corrected chi connectivity index (χ4v) is 4.93.